The van der Waals surface area contributed by atoms with Gasteiger partial charge in [-0.2, -0.15) is 0 Å². The summed E-state index contributed by atoms with van der Waals surface area (Å²) in [6, 6.07) is 9.80. The summed E-state index contributed by atoms with van der Waals surface area (Å²) >= 11 is 0. The number of ether oxygens (including phenoxy) is 6. The molecule has 312 valence electrons. The lowest BCUT2D eigenvalue weighted by Gasteiger charge is -2.50. The molecule has 6 rings (SSSR count). The van der Waals surface area contributed by atoms with Gasteiger partial charge in [0.05, 0.1) is 66.1 Å². The maximum atomic E-state index is 12.7. The number of aliphatic hydroxyl groups excluding tert-OH is 2. The van der Waals surface area contributed by atoms with Crippen LogP contribution in [0.2, 0.25) is 0 Å². The fourth-order valence-electron chi connectivity index (χ4n) is 7.75. The third-order valence-electron chi connectivity index (χ3n) is 10.6. The van der Waals surface area contributed by atoms with Crippen LogP contribution in [0.5, 0.6) is 0 Å². The number of carbonyl (C=O) groups is 6. The summed E-state index contributed by atoms with van der Waals surface area (Å²) in [6.07, 6.45) is -5.64. The molecule has 0 saturated carbocycles. The van der Waals surface area contributed by atoms with E-state index in [9.17, 15) is 39.0 Å². The molecule has 0 fully saturated rings. The highest BCUT2D eigenvalue weighted by Crippen LogP contribution is 2.50. The minimum absolute atomic E-state index is 0.0143. The van der Waals surface area contributed by atoms with Crippen molar-refractivity contribution in [1.82, 2.24) is 9.80 Å². The molecule has 0 aromatic heterocycles. The van der Waals surface area contributed by atoms with Crippen LogP contribution < -0.4 is 9.80 Å². The second-order valence-corrected chi connectivity index (χ2v) is 14.3. The van der Waals surface area contributed by atoms with Gasteiger partial charge in [0.2, 0.25) is 0 Å². The summed E-state index contributed by atoms with van der Waals surface area (Å²) in [5.74, 6) is -1.79. The van der Waals surface area contributed by atoms with E-state index in [1.165, 1.54) is 38.2 Å². The van der Waals surface area contributed by atoms with Crippen LogP contribution in [0, 0.1) is 0 Å². The molecule has 4 heterocycles. The van der Waals surface area contributed by atoms with Gasteiger partial charge in [-0.25, -0.2) is 28.8 Å². The molecule has 4 aliphatic heterocycles. The predicted molar refractivity (Wildman–Crippen MR) is 205 cm³/mol. The second-order valence-electron chi connectivity index (χ2n) is 14.3. The molecule has 0 aliphatic carbocycles. The van der Waals surface area contributed by atoms with E-state index in [0.29, 0.717) is 22.5 Å². The quantitative estimate of drug-likeness (QED) is 0.252. The lowest BCUT2D eigenvalue weighted by molar-refractivity contribution is -0.138. The van der Waals surface area contributed by atoms with E-state index in [4.69, 9.17) is 28.4 Å². The van der Waals surface area contributed by atoms with Crippen LogP contribution in [-0.2, 0) is 38.0 Å². The van der Waals surface area contributed by atoms with Gasteiger partial charge >= 0.3 is 36.3 Å². The van der Waals surface area contributed by atoms with Crippen molar-refractivity contribution in [2.24, 2.45) is 0 Å². The first-order valence-corrected chi connectivity index (χ1v) is 18.3. The normalized spacial score (nSPS) is 20.3. The summed E-state index contributed by atoms with van der Waals surface area (Å²) in [7, 11) is 7.13. The molecule has 0 saturated heterocycles. The maximum absolute atomic E-state index is 12.7. The Morgan fingerprint density at radius 1 is 0.534 bits per heavy atom. The van der Waals surface area contributed by atoms with Crippen LogP contribution in [-0.4, -0.2) is 111 Å². The van der Waals surface area contributed by atoms with Crippen molar-refractivity contribution in [1.29, 1.82) is 0 Å². The molecule has 0 unspecified atom stereocenters. The van der Waals surface area contributed by atoms with Crippen molar-refractivity contribution < 1.29 is 67.4 Å². The molecular formula is C40H48N4O14. The number of methoxy groups -OCH3 is 6. The van der Waals surface area contributed by atoms with Crippen LogP contribution in [0.3, 0.4) is 0 Å². The number of aliphatic hydroxyl groups is 2. The standard InChI is InChI=1S/2C20H24N2O7/c2*1-10(2)11-6-7-13-12(8-11)14-9-15(23)16(18(24)27-3)17(21(13)19(25)28-4)22(14)20(26)29-5/h2*6-8,10,14,17,23H,9H2,1-5H3/t2*14-,17+/m10/s1. The molecule has 2 N–H and O–H groups in total. The zero-order valence-electron chi connectivity index (χ0n) is 33.9. The largest absolute Gasteiger partial charge is 0.512 e. The lowest BCUT2D eigenvalue weighted by Crippen LogP contribution is -2.61. The number of hydrogen-bond acceptors (Lipinski definition) is 14. The minimum atomic E-state index is -1.27. The molecule has 2 aromatic rings. The Labute approximate surface area is 335 Å². The van der Waals surface area contributed by atoms with Crippen LogP contribution in [0.1, 0.15) is 86.7 Å². The van der Waals surface area contributed by atoms with E-state index in [1.807, 2.05) is 52.0 Å². The van der Waals surface area contributed by atoms with Gasteiger partial charge in [-0.3, -0.25) is 19.6 Å². The average Bonchev–Trinajstić information content (AvgIpc) is 3.21. The van der Waals surface area contributed by atoms with Gasteiger partial charge in [0.25, 0.3) is 0 Å². The van der Waals surface area contributed by atoms with Gasteiger partial charge in [0.15, 0.2) is 12.3 Å². The second kappa shape index (κ2) is 17.0. The number of benzene rings is 2. The predicted octanol–water partition coefficient (Wildman–Crippen LogP) is 6.44. The highest BCUT2D eigenvalue weighted by molar-refractivity contribution is 6.00. The number of hydrogen-bond donors (Lipinski definition) is 2. The third-order valence-corrected chi connectivity index (χ3v) is 10.6. The molecule has 4 amide bonds. The van der Waals surface area contributed by atoms with Crippen LogP contribution in [0.4, 0.5) is 30.6 Å². The van der Waals surface area contributed by atoms with E-state index in [0.717, 1.165) is 35.1 Å². The smallest absolute Gasteiger partial charge is 0.416 e. The molecule has 4 bridgehead atoms. The first-order valence-electron chi connectivity index (χ1n) is 18.3. The molecule has 2 aromatic carbocycles. The molecule has 58 heavy (non-hydrogen) atoms. The Bertz CT molecular complexity index is 1930. The Balaban J connectivity index is 0.000000221. The SMILES string of the molecule is COC(=O)C1=C(O)C[C@@H]2c3cc(C(C)C)ccc3N(C(=O)OC)[C@H]1N2C(=O)OC.COC(=O)C1=C(O)C[C@H]2c3cc(C(C)C)ccc3N(C(=O)OC)[C@@H]1N2C(=O)OC. The van der Waals surface area contributed by atoms with Crippen LogP contribution in [0.25, 0.3) is 0 Å². The monoisotopic (exact) mass is 808 g/mol. The Kier molecular flexibility index (Phi) is 12.5. The fourth-order valence-corrected chi connectivity index (χ4v) is 7.75. The summed E-state index contributed by atoms with van der Waals surface area (Å²) in [5.41, 5.74) is 3.86. The lowest BCUT2D eigenvalue weighted by atomic mass is 9.85. The minimum Gasteiger partial charge on any atom is -0.512 e. The molecule has 0 spiro atoms. The van der Waals surface area contributed by atoms with E-state index in [-0.39, 0.29) is 47.3 Å². The highest BCUT2D eigenvalue weighted by atomic mass is 16.6. The fraction of sp³-hybridized carbons (Fsp3) is 0.450. The molecule has 0 radical (unpaired) electrons. The van der Waals surface area contributed by atoms with E-state index >= 15 is 0 Å². The summed E-state index contributed by atoms with van der Waals surface area (Å²) in [6.45, 7) is 8.10. The highest BCUT2D eigenvalue weighted by Gasteiger charge is 2.55. The number of fused-ring (bicyclic) bond motifs is 8. The van der Waals surface area contributed by atoms with Gasteiger partial charge in [0, 0.05) is 12.8 Å². The average molecular weight is 809 g/mol. The summed E-state index contributed by atoms with van der Waals surface area (Å²) in [4.78, 5) is 80.6. The van der Waals surface area contributed by atoms with Crippen molar-refractivity contribution in [3.63, 3.8) is 0 Å². The summed E-state index contributed by atoms with van der Waals surface area (Å²) < 4.78 is 29.3. The van der Waals surface area contributed by atoms with Gasteiger partial charge in [-0.1, -0.05) is 52.0 Å². The molecule has 4 aliphatic rings. The molecule has 18 nitrogen and oxygen atoms in total. The topological polar surface area (TPSA) is 211 Å². The van der Waals surface area contributed by atoms with Crippen molar-refractivity contribution in [2.75, 3.05) is 52.5 Å². The van der Waals surface area contributed by atoms with Crippen molar-refractivity contribution >= 4 is 47.7 Å². The number of rotatable bonds is 4. The Morgan fingerprint density at radius 2 is 0.862 bits per heavy atom. The van der Waals surface area contributed by atoms with Gasteiger partial charge in [0.1, 0.15) is 22.7 Å². The summed E-state index contributed by atoms with van der Waals surface area (Å²) in [5, 5.41) is 21.3. The molecule has 4 atom stereocenters. The number of amides is 4. The molecular weight excluding hydrogens is 760 g/mol. The van der Waals surface area contributed by atoms with Gasteiger partial charge in [-0.05, 0) is 46.2 Å². The first kappa shape index (κ1) is 42.7. The van der Waals surface area contributed by atoms with E-state index < -0.39 is 60.7 Å². The number of carbonyl (C=O) groups excluding carboxylic acids is 6. The molecule has 18 heteroatoms. The van der Waals surface area contributed by atoms with Crippen LogP contribution >= 0.6 is 0 Å². The van der Waals surface area contributed by atoms with Crippen molar-refractivity contribution in [3.05, 3.63) is 81.3 Å². The van der Waals surface area contributed by atoms with E-state index in [1.54, 1.807) is 12.1 Å². The van der Waals surface area contributed by atoms with Gasteiger partial charge in [-0.15, -0.1) is 0 Å². The zero-order valence-corrected chi connectivity index (χ0v) is 33.9. The van der Waals surface area contributed by atoms with E-state index in [2.05, 4.69) is 0 Å². The zero-order chi connectivity index (χ0) is 42.9. The Hall–Kier alpha value is -6.46. The number of esters is 2. The maximum Gasteiger partial charge on any atom is 0.416 e. The Morgan fingerprint density at radius 3 is 1.14 bits per heavy atom. The van der Waals surface area contributed by atoms with Crippen molar-refractivity contribution in [2.45, 2.75) is 76.8 Å². The third kappa shape index (κ3) is 7.18. The van der Waals surface area contributed by atoms with Gasteiger partial charge < -0.3 is 38.6 Å². The number of nitrogens with zero attached hydrogens (tertiary/aromatic N) is 4. The van der Waals surface area contributed by atoms with Crippen LogP contribution in [0.15, 0.2) is 59.1 Å². The van der Waals surface area contributed by atoms with Crippen molar-refractivity contribution in [3.8, 4) is 0 Å². The number of anilines is 2. The first-order chi connectivity index (χ1) is 27.5.